The molecule has 0 saturated heterocycles. The lowest BCUT2D eigenvalue weighted by molar-refractivity contribution is 0.241. The monoisotopic (exact) mass is 682 g/mol. The van der Waals surface area contributed by atoms with Crippen LogP contribution < -0.4 is 9.47 Å². The number of benzene rings is 5. The molecule has 0 aliphatic carbocycles. The molecule has 256 valence electrons. The number of aryl methyl sites for hydroxylation is 1. The van der Waals surface area contributed by atoms with Crippen molar-refractivity contribution >= 4 is 0 Å². The Morgan fingerprint density at radius 1 is 0.490 bits per heavy atom. The summed E-state index contributed by atoms with van der Waals surface area (Å²) in [6.07, 6.45) is -5.04. The molecule has 3 N–H and O–H groups in total. The van der Waals surface area contributed by atoms with Crippen molar-refractivity contribution in [2.45, 2.75) is 26.7 Å². The van der Waals surface area contributed by atoms with Gasteiger partial charge in [0, 0.05) is 11.5 Å². The van der Waals surface area contributed by atoms with Gasteiger partial charge in [-0.2, -0.15) is 26.3 Å². The molecule has 0 saturated carbocycles. The zero-order valence-electron chi connectivity index (χ0n) is 25.4. The van der Waals surface area contributed by atoms with Gasteiger partial charge in [-0.1, -0.05) is 73.7 Å². The van der Waals surface area contributed by atoms with E-state index in [4.69, 9.17) is 0 Å². The SMILES string of the molecule is C.Cc1ccc(C(C)(c2ccc(O)cc2)c2ccc(OC(F)=C(F)F)cc2)cc1.Oc1cc(O)cc(-c2ccc(OC(F)=C(F)F)cc2)c1. The first-order valence-corrected chi connectivity index (χ1v) is 14.1. The Bertz CT molecular complexity index is 1830. The number of rotatable bonds is 8. The van der Waals surface area contributed by atoms with E-state index >= 15 is 0 Å². The van der Waals surface area contributed by atoms with Crippen LogP contribution in [0.1, 0.15) is 36.6 Å². The number of halogens is 6. The Hall–Kier alpha value is -5.84. The second kappa shape index (κ2) is 16.3. The molecule has 0 radical (unpaired) electrons. The molecule has 49 heavy (non-hydrogen) atoms. The van der Waals surface area contributed by atoms with Crippen LogP contribution in [0.4, 0.5) is 26.3 Å². The van der Waals surface area contributed by atoms with E-state index in [1.165, 1.54) is 54.6 Å². The smallest absolute Gasteiger partial charge is 0.344 e. The van der Waals surface area contributed by atoms with Crippen LogP contribution in [-0.4, -0.2) is 15.3 Å². The normalized spacial score (nSPS) is 11.5. The lowest BCUT2D eigenvalue weighted by Crippen LogP contribution is -2.25. The van der Waals surface area contributed by atoms with Crippen molar-refractivity contribution in [2.75, 3.05) is 0 Å². The van der Waals surface area contributed by atoms with E-state index in [1.807, 2.05) is 50.2 Å². The van der Waals surface area contributed by atoms with E-state index in [1.54, 1.807) is 24.3 Å². The maximum Gasteiger partial charge on any atom is 0.344 e. The van der Waals surface area contributed by atoms with Crippen molar-refractivity contribution in [1.82, 2.24) is 0 Å². The standard InChI is InChI=1S/C23H19F3O2.C14H9F3O3.CH4/c1-15-3-5-16(6-4-15)23(2,17-7-11-19(27)12-8-17)18-9-13-20(14-10-18)28-22(26)21(24)25;15-13(16)14(17)20-12-3-1-8(2-4-12)9-5-10(18)7-11(19)6-9;/h3-14,27H,1-2H3;1-7,18-19H;1H4. The first kappa shape index (κ1) is 37.6. The summed E-state index contributed by atoms with van der Waals surface area (Å²) in [5.41, 5.74) is 4.45. The Morgan fingerprint density at radius 3 is 1.27 bits per heavy atom. The molecule has 0 aliphatic rings. The molecule has 5 rings (SSSR count). The number of ether oxygens (including phenoxy) is 2. The van der Waals surface area contributed by atoms with Gasteiger partial charge >= 0.3 is 24.2 Å². The summed E-state index contributed by atoms with van der Waals surface area (Å²) in [5, 5.41) is 28.4. The fourth-order valence-electron chi connectivity index (χ4n) is 4.80. The first-order chi connectivity index (χ1) is 22.8. The van der Waals surface area contributed by atoms with E-state index in [2.05, 4.69) is 9.47 Å². The molecule has 1 atom stereocenters. The molecule has 0 fully saturated rings. The Morgan fingerprint density at radius 2 is 0.857 bits per heavy atom. The van der Waals surface area contributed by atoms with E-state index in [9.17, 15) is 41.7 Å². The molecule has 0 spiro atoms. The maximum atomic E-state index is 13.0. The van der Waals surface area contributed by atoms with Crippen LogP contribution in [-0.2, 0) is 5.41 Å². The van der Waals surface area contributed by atoms with Crippen LogP contribution in [0.2, 0.25) is 0 Å². The molecule has 5 nitrogen and oxygen atoms in total. The van der Waals surface area contributed by atoms with Gasteiger partial charge < -0.3 is 24.8 Å². The molecular weight excluding hydrogens is 650 g/mol. The first-order valence-electron chi connectivity index (χ1n) is 14.1. The highest BCUT2D eigenvalue weighted by atomic mass is 19.3. The fourth-order valence-corrected chi connectivity index (χ4v) is 4.80. The number of hydrogen-bond acceptors (Lipinski definition) is 5. The van der Waals surface area contributed by atoms with Crippen molar-refractivity contribution in [3.8, 4) is 39.9 Å². The molecule has 0 amide bonds. The second-order valence-electron chi connectivity index (χ2n) is 10.6. The zero-order valence-corrected chi connectivity index (χ0v) is 25.4. The molecule has 5 aromatic carbocycles. The summed E-state index contributed by atoms with van der Waals surface area (Å²) in [6.45, 7) is 4.03. The third kappa shape index (κ3) is 9.60. The van der Waals surface area contributed by atoms with Crippen molar-refractivity contribution in [3.63, 3.8) is 0 Å². The maximum absolute atomic E-state index is 13.0. The highest BCUT2D eigenvalue weighted by Crippen LogP contribution is 2.40. The van der Waals surface area contributed by atoms with Crippen LogP contribution in [0.15, 0.2) is 139 Å². The average molecular weight is 683 g/mol. The molecular formula is C38H32F6O5. The van der Waals surface area contributed by atoms with E-state index in [0.717, 1.165) is 22.3 Å². The fraction of sp³-hybridized carbons (Fsp3) is 0.105. The quantitative estimate of drug-likeness (QED) is 0.0862. The number of aromatic hydroxyl groups is 3. The summed E-state index contributed by atoms with van der Waals surface area (Å²) >= 11 is 0. The average Bonchev–Trinajstić information content (AvgIpc) is 3.05. The van der Waals surface area contributed by atoms with E-state index in [-0.39, 0.29) is 36.2 Å². The molecule has 11 heteroatoms. The van der Waals surface area contributed by atoms with Gasteiger partial charge in [0.1, 0.15) is 28.7 Å². The summed E-state index contributed by atoms with van der Waals surface area (Å²) in [6, 6.07) is 27.0. The van der Waals surface area contributed by atoms with Crippen LogP contribution >= 0.6 is 0 Å². The minimum Gasteiger partial charge on any atom is -0.508 e. The Labute approximate surface area is 279 Å². The number of hydrogen-bond donors (Lipinski definition) is 3. The summed E-state index contributed by atoms with van der Waals surface area (Å²) in [5.74, 6) is -0.189. The summed E-state index contributed by atoms with van der Waals surface area (Å²) in [4.78, 5) is 0. The lowest BCUT2D eigenvalue weighted by Gasteiger charge is -2.32. The molecule has 0 aromatic heterocycles. The van der Waals surface area contributed by atoms with E-state index < -0.39 is 29.6 Å². The minimum atomic E-state index is -2.54. The van der Waals surface area contributed by atoms with Gasteiger partial charge in [-0.15, -0.1) is 0 Å². The highest BCUT2D eigenvalue weighted by molar-refractivity contribution is 5.67. The van der Waals surface area contributed by atoms with Gasteiger partial charge in [0.2, 0.25) is 0 Å². The topological polar surface area (TPSA) is 79.2 Å². The summed E-state index contributed by atoms with van der Waals surface area (Å²) in [7, 11) is 0. The molecule has 0 heterocycles. The van der Waals surface area contributed by atoms with Crippen molar-refractivity contribution in [1.29, 1.82) is 0 Å². The van der Waals surface area contributed by atoms with Crippen molar-refractivity contribution in [3.05, 3.63) is 162 Å². The van der Waals surface area contributed by atoms with Crippen LogP contribution in [0.25, 0.3) is 11.1 Å². The number of phenols is 3. The minimum absolute atomic E-state index is 0. The third-order valence-electron chi connectivity index (χ3n) is 7.31. The zero-order chi connectivity index (χ0) is 35.0. The Kier molecular flexibility index (Phi) is 12.5. The highest BCUT2D eigenvalue weighted by Gasteiger charge is 2.31. The van der Waals surface area contributed by atoms with Gasteiger partial charge in [0.05, 0.1) is 0 Å². The lowest BCUT2D eigenvalue weighted by atomic mass is 9.71. The van der Waals surface area contributed by atoms with Gasteiger partial charge in [-0.3, -0.25) is 0 Å². The van der Waals surface area contributed by atoms with Crippen molar-refractivity contribution < 1.29 is 51.1 Å². The summed E-state index contributed by atoms with van der Waals surface area (Å²) < 4.78 is 82.7. The number of phenolic OH excluding ortho intramolecular Hbond substituents is 3. The van der Waals surface area contributed by atoms with Crippen LogP contribution in [0.3, 0.4) is 0 Å². The molecule has 1 unspecified atom stereocenters. The van der Waals surface area contributed by atoms with Crippen LogP contribution in [0.5, 0.6) is 28.7 Å². The van der Waals surface area contributed by atoms with Gasteiger partial charge in [0.15, 0.2) is 0 Å². The molecule has 0 bridgehead atoms. The van der Waals surface area contributed by atoms with E-state index in [0.29, 0.717) is 11.1 Å². The Balaban J connectivity index is 0.000000274. The van der Waals surface area contributed by atoms with Crippen LogP contribution in [0, 0.1) is 6.92 Å². The predicted molar refractivity (Wildman–Crippen MR) is 175 cm³/mol. The second-order valence-corrected chi connectivity index (χ2v) is 10.6. The van der Waals surface area contributed by atoms with Gasteiger partial charge in [-0.05, 0) is 90.2 Å². The van der Waals surface area contributed by atoms with Gasteiger partial charge in [-0.25, -0.2) is 0 Å². The molecule has 0 aliphatic heterocycles. The molecule has 5 aromatic rings. The largest absolute Gasteiger partial charge is 0.508 e. The van der Waals surface area contributed by atoms with Crippen molar-refractivity contribution in [2.24, 2.45) is 0 Å². The van der Waals surface area contributed by atoms with Gasteiger partial charge in [0.25, 0.3) is 0 Å². The predicted octanol–water partition coefficient (Wildman–Crippen LogP) is 11.3. The third-order valence-corrected chi connectivity index (χ3v) is 7.31.